The van der Waals surface area contributed by atoms with E-state index in [9.17, 15) is 4.21 Å². The molecular formula is C5H8OS2. The van der Waals surface area contributed by atoms with E-state index >= 15 is 0 Å². The molecule has 0 aliphatic carbocycles. The highest BCUT2D eigenvalue weighted by molar-refractivity contribution is 8.31. The average Bonchev–Trinajstić information content (AvgIpc) is 1.90. The molecule has 0 spiro atoms. The minimum Gasteiger partial charge on any atom is -0.205 e. The molecule has 0 bridgehead atoms. The lowest BCUT2D eigenvalue weighted by Crippen LogP contribution is -2.02. The van der Waals surface area contributed by atoms with Gasteiger partial charge in [-0.1, -0.05) is 21.6 Å². The summed E-state index contributed by atoms with van der Waals surface area (Å²) in [6.45, 7) is 0. The fraction of sp³-hybridized carbons (Fsp3) is 0.600. The molecule has 8 heavy (non-hydrogen) atoms. The summed E-state index contributed by atoms with van der Waals surface area (Å²) in [5.74, 6) is 2.11. The van der Waals surface area contributed by atoms with Gasteiger partial charge in [0, 0.05) is 11.5 Å². The molecule has 0 saturated heterocycles. The van der Waals surface area contributed by atoms with E-state index < -0.39 is 0 Å². The Balaban J connectivity index is 2.63. The molecule has 1 rings (SSSR count). The molecule has 46 valence electrons. The molecule has 0 amide bonds. The lowest BCUT2D eigenvalue weighted by Gasteiger charge is -2.02. The smallest absolute Gasteiger partial charge is 0.120 e. The van der Waals surface area contributed by atoms with Crippen molar-refractivity contribution in [1.82, 2.24) is 0 Å². The van der Waals surface area contributed by atoms with Gasteiger partial charge in [0.2, 0.25) is 0 Å². The van der Waals surface area contributed by atoms with Crippen LogP contribution < -0.4 is 0 Å². The van der Waals surface area contributed by atoms with Gasteiger partial charge in [-0.3, -0.25) is 0 Å². The van der Waals surface area contributed by atoms with Crippen molar-refractivity contribution in [3.8, 4) is 0 Å². The van der Waals surface area contributed by atoms with Crippen LogP contribution in [0.4, 0.5) is 0 Å². The molecule has 3 heteroatoms. The topological polar surface area (TPSA) is 17.1 Å². The molecule has 0 N–H and O–H groups in total. The Kier molecular flexibility index (Phi) is 2.49. The van der Waals surface area contributed by atoms with Crippen LogP contribution in [0.3, 0.4) is 0 Å². The maximum atomic E-state index is 10.2. The fourth-order valence-corrected chi connectivity index (χ4v) is 2.57. The molecule has 0 radical (unpaired) electrons. The number of allylic oxidation sites excluding steroid dienone is 1. The second-order valence-corrected chi connectivity index (χ2v) is 5.22. The first kappa shape index (κ1) is 6.23. The van der Waals surface area contributed by atoms with E-state index in [-0.39, 0.29) is 9.45 Å². The van der Waals surface area contributed by atoms with Crippen LogP contribution in [0.15, 0.2) is 12.2 Å². The van der Waals surface area contributed by atoms with Gasteiger partial charge in [0.05, 0.1) is 0 Å². The molecule has 1 atom stereocenters. The van der Waals surface area contributed by atoms with Crippen molar-refractivity contribution >= 4 is 19.7 Å². The Hall–Kier alpha value is 0.110. The van der Waals surface area contributed by atoms with E-state index in [0.717, 1.165) is 28.2 Å². The molecular weight excluding hydrogens is 140 g/mol. The normalized spacial score (nSPS) is 27.8. The van der Waals surface area contributed by atoms with Crippen molar-refractivity contribution in [1.29, 1.82) is 0 Å². The number of hydrogen-bond acceptors (Lipinski definition) is 1. The van der Waals surface area contributed by atoms with Crippen molar-refractivity contribution in [2.75, 3.05) is 11.5 Å². The van der Waals surface area contributed by atoms with Gasteiger partial charge < -0.3 is 0 Å². The summed E-state index contributed by atoms with van der Waals surface area (Å²) in [6, 6.07) is 0. The molecule has 1 unspecified atom stereocenters. The van der Waals surface area contributed by atoms with Gasteiger partial charge in [-0.15, -0.1) is 0 Å². The highest BCUT2D eigenvalue weighted by Gasteiger charge is 1.96. The predicted octanol–water partition coefficient (Wildman–Crippen LogP) is 0.693. The summed E-state index contributed by atoms with van der Waals surface area (Å²) in [4.78, 5) is 0. The van der Waals surface area contributed by atoms with Crippen LogP contribution in [0, 0.1) is 0 Å². The van der Waals surface area contributed by atoms with E-state index in [2.05, 4.69) is 12.2 Å². The van der Waals surface area contributed by atoms with Crippen molar-refractivity contribution in [3.63, 3.8) is 0 Å². The van der Waals surface area contributed by atoms with E-state index in [1.807, 2.05) is 0 Å². The van der Waals surface area contributed by atoms with Crippen molar-refractivity contribution in [2.45, 2.75) is 6.42 Å². The minimum atomic E-state index is 0.123. The predicted molar refractivity (Wildman–Crippen MR) is 39.0 cm³/mol. The molecule has 0 aromatic carbocycles. The van der Waals surface area contributed by atoms with Crippen LogP contribution in [0.25, 0.3) is 0 Å². The number of hydrogen-bond donors (Lipinski definition) is 0. The Morgan fingerprint density at radius 1 is 1.50 bits per heavy atom. The SMILES string of the molecule is O=S=S1CC=CCC1. The molecule has 1 aliphatic rings. The zero-order valence-corrected chi connectivity index (χ0v) is 6.13. The zero-order chi connectivity index (χ0) is 5.82. The first-order valence-corrected chi connectivity index (χ1v) is 5.38. The summed E-state index contributed by atoms with van der Waals surface area (Å²) >= 11 is 0. The Morgan fingerprint density at radius 2 is 2.38 bits per heavy atom. The third-order valence-electron chi connectivity index (χ3n) is 1.06. The summed E-state index contributed by atoms with van der Waals surface area (Å²) in [5.41, 5.74) is 0. The maximum absolute atomic E-state index is 10.2. The monoisotopic (exact) mass is 148 g/mol. The first-order chi connectivity index (χ1) is 3.93. The highest BCUT2D eigenvalue weighted by atomic mass is 32.8. The molecule has 0 fully saturated rings. The molecule has 1 heterocycles. The minimum absolute atomic E-state index is 0.123. The second kappa shape index (κ2) is 3.20. The van der Waals surface area contributed by atoms with Crippen molar-refractivity contribution in [2.24, 2.45) is 0 Å². The average molecular weight is 148 g/mol. The van der Waals surface area contributed by atoms with Crippen LogP contribution in [0.2, 0.25) is 0 Å². The molecule has 1 nitrogen and oxygen atoms in total. The molecule has 0 saturated carbocycles. The van der Waals surface area contributed by atoms with Crippen LogP contribution in [-0.2, 0) is 19.7 Å². The van der Waals surface area contributed by atoms with Gasteiger partial charge in [-0.25, -0.2) is 4.21 Å². The Bertz CT molecular complexity index is 156. The van der Waals surface area contributed by atoms with Crippen molar-refractivity contribution < 1.29 is 4.21 Å². The van der Waals surface area contributed by atoms with Crippen molar-refractivity contribution in [3.05, 3.63) is 12.2 Å². The molecule has 0 aromatic heterocycles. The standard InChI is InChI=1S/C5H8OS2/c6-7-8-4-2-1-3-5-8/h1-2H,3-5H2. The lowest BCUT2D eigenvalue weighted by molar-refractivity contribution is 0.701. The first-order valence-electron chi connectivity index (χ1n) is 2.56. The molecule has 1 aliphatic heterocycles. The zero-order valence-electron chi connectivity index (χ0n) is 4.50. The summed E-state index contributed by atoms with van der Waals surface area (Å²) < 4.78 is 10.2. The second-order valence-electron chi connectivity index (χ2n) is 1.64. The van der Waals surface area contributed by atoms with E-state index in [1.165, 1.54) is 0 Å². The van der Waals surface area contributed by atoms with E-state index in [4.69, 9.17) is 0 Å². The van der Waals surface area contributed by atoms with Gasteiger partial charge in [-0.05, 0) is 6.42 Å². The lowest BCUT2D eigenvalue weighted by atomic mass is 10.4. The van der Waals surface area contributed by atoms with Gasteiger partial charge in [-0.2, -0.15) is 0 Å². The third kappa shape index (κ3) is 1.56. The van der Waals surface area contributed by atoms with Gasteiger partial charge >= 0.3 is 0 Å². The van der Waals surface area contributed by atoms with E-state index in [0.29, 0.717) is 0 Å². The van der Waals surface area contributed by atoms with Gasteiger partial charge in [0.15, 0.2) is 0 Å². The van der Waals surface area contributed by atoms with Gasteiger partial charge in [0.25, 0.3) is 0 Å². The Labute approximate surface area is 54.5 Å². The highest BCUT2D eigenvalue weighted by Crippen LogP contribution is 1.98. The Morgan fingerprint density at radius 3 is 2.75 bits per heavy atom. The van der Waals surface area contributed by atoms with Gasteiger partial charge in [0.1, 0.15) is 10.2 Å². The summed E-state index contributed by atoms with van der Waals surface area (Å²) in [5, 5.41) is 0. The summed E-state index contributed by atoms with van der Waals surface area (Å²) in [7, 11) is 0.895. The third-order valence-corrected chi connectivity index (χ3v) is 3.99. The number of rotatable bonds is 0. The van der Waals surface area contributed by atoms with Crippen LogP contribution in [0.5, 0.6) is 0 Å². The summed E-state index contributed by atoms with van der Waals surface area (Å²) in [6.07, 6.45) is 5.37. The maximum Gasteiger partial charge on any atom is 0.120 e. The quantitative estimate of drug-likeness (QED) is 0.462. The largest absolute Gasteiger partial charge is 0.205 e. The van der Waals surface area contributed by atoms with Crippen LogP contribution in [0.1, 0.15) is 6.42 Å². The van der Waals surface area contributed by atoms with Crippen LogP contribution >= 0.6 is 0 Å². The molecule has 0 aromatic rings. The van der Waals surface area contributed by atoms with Crippen LogP contribution in [-0.4, -0.2) is 15.7 Å². The van der Waals surface area contributed by atoms with E-state index in [1.54, 1.807) is 0 Å². The fourth-order valence-electron chi connectivity index (χ4n) is 0.638.